The SMILES string of the molecule is CC1Cc2cc(C(=O)NCCCn3ccnc3)ccc2N1S(C)(=O)=O. The molecule has 25 heavy (non-hydrogen) atoms. The van der Waals surface area contributed by atoms with Gasteiger partial charge in [-0.25, -0.2) is 13.4 Å². The maximum Gasteiger partial charge on any atom is 0.251 e. The van der Waals surface area contributed by atoms with Crippen LogP contribution in [-0.4, -0.2) is 42.7 Å². The van der Waals surface area contributed by atoms with Crippen LogP contribution in [0, 0.1) is 0 Å². The van der Waals surface area contributed by atoms with Gasteiger partial charge in [-0.05, 0) is 43.5 Å². The molecule has 0 bridgehead atoms. The lowest BCUT2D eigenvalue weighted by atomic mass is 10.1. The van der Waals surface area contributed by atoms with Crippen LogP contribution in [0.4, 0.5) is 5.69 Å². The first-order chi connectivity index (χ1) is 11.9. The second-order valence-corrected chi connectivity index (χ2v) is 8.22. The molecule has 2 heterocycles. The second-order valence-electron chi connectivity index (χ2n) is 6.37. The monoisotopic (exact) mass is 362 g/mol. The van der Waals surface area contributed by atoms with Crippen molar-refractivity contribution in [3.05, 3.63) is 48.0 Å². The Bertz CT molecular complexity index is 862. The average molecular weight is 362 g/mol. The summed E-state index contributed by atoms with van der Waals surface area (Å²) in [5.74, 6) is -0.140. The van der Waals surface area contributed by atoms with Gasteiger partial charge in [0.15, 0.2) is 0 Å². The molecule has 1 N–H and O–H groups in total. The van der Waals surface area contributed by atoms with Crippen LogP contribution in [0.3, 0.4) is 0 Å². The molecule has 1 aliphatic heterocycles. The fraction of sp³-hybridized carbons (Fsp3) is 0.412. The summed E-state index contributed by atoms with van der Waals surface area (Å²) >= 11 is 0. The van der Waals surface area contributed by atoms with Crippen molar-refractivity contribution in [2.24, 2.45) is 0 Å². The number of amides is 1. The summed E-state index contributed by atoms with van der Waals surface area (Å²) in [5, 5.41) is 2.90. The molecule has 0 radical (unpaired) electrons. The van der Waals surface area contributed by atoms with E-state index in [0.717, 1.165) is 18.5 Å². The van der Waals surface area contributed by atoms with Crippen LogP contribution in [0.5, 0.6) is 0 Å². The van der Waals surface area contributed by atoms with Gasteiger partial charge in [0.05, 0.1) is 18.3 Å². The van der Waals surface area contributed by atoms with Crippen LogP contribution < -0.4 is 9.62 Å². The van der Waals surface area contributed by atoms with Gasteiger partial charge in [0.25, 0.3) is 5.91 Å². The third-order valence-electron chi connectivity index (χ3n) is 4.29. The zero-order valence-electron chi connectivity index (χ0n) is 14.3. The Morgan fingerprint density at radius 3 is 2.88 bits per heavy atom. The number of fused-ring (bicyclic) bond motifs is 1. The minimum Gasteiger partial charge on any atom is -0.352 e. The van der Waals surface area contributed by atoms with Gasteiger partial charge in [0, 0.05) is 37.1 Å². The number of carbonyl (C=O) groups is 1. The lowest BCUT2D eigenvalue weighted by Crippen LogP contribution is -2.34. The predicted molar refractivity (Wildman–Crippen MR) is 96.1 cm³/mol. The molecule has 1 amide bonds. The Balaban J connectivity index is 1.62. The normalized spacial score (nSPS) is 16.7. The van der Waals surface area contributed by atoms with Crippen molar-refractivity contribution < 1.29 is 13.2 Å². The number of aryl methyl sites for hydroxylation is 1. The van der Waals surface area contributed by atoms with Crippen molar-refractivity contribution in [2.45, 2.75) is 32.4 Å². The summed E-state index contributed by atoms with van der Waals surface area (Å²) in [5.41, 5.74) is 2.12. The minimum absolute atomic E-state index is 0.126. The second kappa shape index (κ2) is 6.87. The Morgan fingerprint density at radius 1 is 1.40 bits per heavy atom. The summed E-state index contributed by atoms with van der Waals surface area (Å²) in [7, 11) is -3.31. The third kappa shape index (κ3) is 3.84. The Hall–Kier alpha value is -2.35. The molecule has 3 rings (SSSR count). The number of carbonyl (C=O) groups excluding carboxylic acids is 1. The van der Waals surface area contributed by atoms with Gasteiger partial charge in [-0.15, -0.1) is 0 Å². The lowest BCUT2D eigenvalue weighted by Gasteiger charge is -2.21. The van der Waals surface area contributed by atoms with Crippen molar-refractivity contribution in [3.63, 3.8) is 0 Å². The van der Waals surface area contributed by atoms with Crippen LogP contribution >= 0.6 is 0 Å². The maximum atomic E-state index is 12.3. The topological polar surface area (TPSA) is 84.3 Å². The van der Waals surface area contributed by atoms with Crippen LogP contribution in [0.25, 0.3) is 0 Å². The zero-order valence-corrected chi connectivity index (χ0v) is 15.2. The molecule has 1 aromatic heterocycles. The number of nitrogens with one attached hydrogen (secondary N) is 1. The molecule has 0 spiro atoms. The van der Waals surface area contributed by atoms with E-state index in [1.165, 1.54) is 10.6 Å². The van der Waals surface area contributed by atoms with Crippen LogP contribution in [0.2, 0.25) is 0 Å². The number of imidazole rings is 1. The molecule has 134 valence electrons. The number of rotatable bonds is 6. The van der Waals surface area contributed by atoms with E-state index >= 15 is 0 Å². The average Bonchev–Trinajstić information content (AvgIpc) is 3.16. The molecule has 1 aromatic carbocycles. The molecule has 1 atom stereocenters. The fourth-order valence-electron chi connectivity index (χ4n) is 3.23. The van der Waals surface area contributed by atoms with Crippen LogP contribution in [0.15, 0.2) is 36.9 Å². The molecule has 0 fully saturated rings. The smallest absolute Gasteiger partial charge is 0.251 e. The summed E-state index contributed by atoms with van der Waals surface area (Å²) in [6.07, 6.45) is 7.99. The molecule has 1 aliphatic rings. The van der Waals surface area contributed by atoms with Gasteiger partial charge in [-0.3, -0.25) is 9.10 Å². The van der Waals surface area contributed by atoms with Gasteiger partial charge >= 0.3 is 0 Å². The van der Waals surface area contributed by atoms with Crippen LogP contribution in [-0.2, 0) is 23.0 Å². The quantitative estimate of drug-likeness (QED) is 0.788. The summed E-state index contributed by atoms with van der Waals surface area (Å²) < 4.78 is 27.3. The highest BCUT2D eigenvalue weighted by atomic mass is 32.2. The van der Waals surface area contributed by atoms with Gasteiger partial charge in [-0.2, -0.15) is 0 Å². The maximum absolute atomic E-state index is 12.3. The van der Waals surface area contributed by atoms with Crippen LogP contribution in [0.1, 0.15) is 29.3 Å². The van der Waals surface area contributed by atoms with E-state index in [0.29, 0.717) is 24.2 Å². The van der Waals surface area contributed by atoms with Gasteiger partial charge < -0.3 is 9.88 Å². The third-order valence-corrected chi connectivity index (χ3v) is 5.56. The molecule has 7 nitrogen and oxygen atoms in total. The van der Waals surface area contributed by atoms with E-state index in [2.05, 4.69) is 10.3 Å². The highest BCUT2D eigenvalue weighted by molar-refractivity contribution is 7.92. The van der Waals surface area contributed by atoms with Crippen molar-refractivity contribution in [1.29, 1.82) is 0 Å². The van der Waals surface area contributed by atoms with Gasteiger partial charge in [0.1, 0.15) is 0 Å². The largest absolute Gasteiger partial charge is 0.352 e. The molecule has 1 unspecified atom stereocenters. The fourth-order valence-corrected chi connectivity index (χ4v) is 4.50. The number of benzene rings is 1. The number of hydrogen-bond donors (Lipinski definition) is 1. The van der Waals surface area contributed by atoms with E-state index in [-0.39, 0.29) is 11.9 Å². The van der Waals surface area contributed by atoms with Gasteiger partial charge in [-0.1, -0.05) is 0 Å². The van der Waals surface area contributed by atoms with E-state index in [9.17, 15) is 13.2 Å². The molecule has 0 aliphatic carbocycles. The van der Waals surface area contributed by atoms with Crippen molar-refractivity contribution in [1.82, 2.24) is 14.9 Å². The van der Waals surface area contributed by atoms with E-state index < -0.39 is 10.0 Å². The highest BCUT2D eigenvalue weighted by Gasteiger charge is 2.32. The zero-order chi connectivity index (χ0) is 18.0. The first-order valence-electron chi connectivity index (χ1n) is 8.22. The number of hydrogen-bond acceptors (Lipinski definition) is 4. The predicted octanol–water partition coefficient (Wildman–Crippen LogP) is 1.41. The Morgan fingerprint density at radius 2 is 2.20 bits per heavy atom. The molecular formula is C17H22N4O3S. The first-order valence-corrected chi connectivity index (χ1v) is 10.1. The number of anilines is 1. The van der Waals surface area contributed by atoms with Gasteiger partial charge in [0.2, 0.25) is 10.0 Å². The van der Waals surface area contributed by atoms with E-state index in [1.807, 2.05) is 17.7 Å². The number of aromatic nitrogens is 2. The minimum atomic E-state index is -3.31. The summed E-state index contributed by atoms with van der Waals surface area (Å²) in [4.78, 5) is 16.3. The highest BCUT2D eigenvalue weighted by Crippen LogP contribution is 2.34. The molecule has 0 saturated heterocycles. The number of nitrogens with zero attached hydrogens (tertiary/aromatic N) is 3. The Labute approximate surface area is 147 Å². The lowest BCUT2D eigenvalue weighted by molar-refractivity contribution is 0.0952. The standard InChI is InChI=1S/C17H22N4O3S/c1-13-10-15-11-14(4-5-16(15)21(13)25(2,23)24)17(22)19-6-3-8-20-9-7-18-12-20/h4-5,7,9,11-13H,3,6,8,10H2,1-2H3,(H,19,22). The first kappa shape index (κ1) is 17.5. The summed E-state index contributed by atoms with van der Waals surface area (Å²) in [6.45, 7) is 3.24. The number of sulfonamides is 1. The van der Waals surface area contributed by atoms with E-state index in [4.69, 9.17) is 0 Å². The van der Waals surface area contributed by atoms with Crippen molar-refractivity contribution >= 4 is 21.6 Å². The van der Waals surface area contributed by atoms with Crippen molar-refractivity contribution in [3.8, 4) is 0 Å². The van der Waals surface area contributed by atoms with Crippen molar-refractivity contribution in [2.75, 3.05) is 17.1 Å². The van der Waals surface area contributed by atoms with E-state index in [1.54, 1.807) is 30.7 Å². The molecule has 8 heteroatoms. The Kier molecular flexibility index (Phi) is 4.80. The molecule has 2 aromatic rings. The molecule has 0 saturated carbocycles. The molecular weight excluding hydrogens is 340 g/mol. The summed E-state index contributed by atoms with van der Waals surface area (Å²) in [6, 6.07) is 5.07.